The van der Waals surface area contributed by atoms with E-state index in [4.69, 9.17) is 9.47 Å². The van der Waals surface area contributed by atoms with Crippen LogP contribution in [0.4, 0.5) is 13.2 Å². The van der Waals surface area contributed by atoms with Gasteiger partial charge >= 0.3 is 6.18 Å². The van der Waals surface area contributed by atoms with Crippen LogP contribution in [0.5, 0.6) is 11.5 Å². The molecule has 0 aliphatic carbocycles. The average Bonchev–Trinajstić information content (AvgIpc) is 3.20. The topological polar surface area (TPSA) is 62.1 Å². The van der Waals surface area contributed by atoms with Gasteiger partial charge in [0.15, 0.2) is 11.5 Å². The van der Waals surface area contributed by atoms with Gasteiger partial charge in [0, 0.05) is 28.8 Å². The first-order valence-corrected chi connectivity index (χ1v) is 8.96. The number of fused-ring (bicyclic) bond motifs is 1. The molecule has 30 heavy (non-hydrogen) atoms. The summed E-state index contributed by atoms with van der Waals surface area (Å²) in [6, 6.07) is 8.97. The number of rotatable bonds is 5. The van der Waals surface area contributed by atoms with E-state index in [0.717, 1.165) is 17.0 Å². The van der Waals surface area contributed by atoms with E-state index in [1.807, 2.05) is 0 Å². The van der Waals surface area contributed by atoms with E-state index < -0.39 is 11.7 Å². The van der Waals surface area contributed by atoms with Crippen molar-refractivity contribution in [3.63, 3.8) is 0 Å². The first kappa shape index (κ1) is 19.7. The zero-order valence-corrected chi connectivity index (χ0v) is 16.1. The van der Waals surface area contributed by atoms with Gasteiger partial charge in [0.05, 0.1) is 44.2 Å². The van der Waals surface area contributed by atoms with E-state index in [1.165, 1.54) is 31.0 Å². The van der Waals surface area contributed by atoms with E-state index >= 15 is 0 Å². The van der Waals surface area contributed by atoms with Crippen molar-refractivity contribution in [2.75, 3.05) is 14.2 Å². The first-order valence-electron chi connectivity index (χ1n) is 8.96. The molecule has 0 N–H and O–H groups in total. The van der Waals surface area contributed by atoms with Gasteiger partial charge in [-0.1, -0.05) is 18.2 Å². The minimum atomic E-state index is -4.42. The summed E-state index contributed by atoms with van der Waals surface area (Å²) in [6.45, 7) is -0.0106. The summed E-state index contributed by atoms with van der Waals surface area (Å²) in [6.07, 6.45) is 0.427. The maximum absolute atomic E-state index is 13.3. The summed E-state index contributed by atoms with van der Waals surface area (Å²) in [4.78, 5) is 0. The second kappa shape index (κ2) is 7.66. The molecule has 9 heteroatoms. The average molecular weight is 414 g/mol. The van der Waals surface area contributed by atoms with Crippen LogP contribution in [0.25, 0.3) is 22.0 Å². The Morgan fingerprint density at radius 3 is 2.47 bits per heavy atom. The molecule has 4 aromatic rings. The van der Waals surface area contributed by atoms with Gasteiger partial charge in [0.25, 0.3) is 0 Å². The predicted molar refractivity (Wildman–Crippen MR) is 104 cm³/mol. The zero-order chi connectivity index (χ0) is 21.3. The number of nitrogens with zero attached hydrogens (tertiary/aromatic N) is 4. The van der Waals surface area contributed by atoms with E-state index in [9.17, 15) is 13.2 Å². The minimum absolute atomic E-state index is 0.0106. The van der Waals surface area contributed by atoms with Crippen molar-refractivity contribution in [3.8, 4) is 22.6 Å². The maximum Gasteiger partial charge on any atom is 0.416 e. The lowest BCUT2D eigenvalue weighted by Gasteiger charge is -2.12. The van der Waals surface area contributed by atoms with Gasteiger partial charge in [-0.25, -0.2) is 0 Å². The molecule has 0 radical (unpaired) electrons. The number of halogens is 3. The number of hydrogen-bond donors (Lipinski definition) is 0. The van der Waals surface area contributed by atoms with Gasteiger partial charge in [-0.05, 0) is 17.7 Å². The van der Waals surface area contributed by atoms with E-state index in [2.05, 4.69) is 15.3 Å². The van der Waals surface area contributed by atoms with E-state index in [0.29, 0.717) is 22.6 Å². The third kappa shape index (κ3) is 3.66. The second-order valence-electron chi connectivity index (χ2n) is 6.56. The van der Waals surface area contributed by atoms with Crippen molar-refractivity contribution in [1.29, 1.82) is 0 Å². The Balaban J connectivity index is 1.73. The van der Waals surface area contributed by atoms with Gasteiger partial charge in [0.1, 0.15) is 0 Å². The molecule has 0 atom stereocenters. The fourth-order valence-corrected chi connectivity index (χ4v) is 3.31. The number of benzene rings is 2. The van der Waals surface area contributed by atoms with Gasteiger partial charge in [-0.15, -0.1) is 0 Å². The van der Waals surface area contributed by atoms with Crippen molar-refractivity contribution in [3.05, 3.63) is 66.1 Å². The Labute approximate surface area is 169 Å². The fraction of sp³-hybridized carbons (Fsp3) is 0.190. The molecule has 0 saturated heterocycles. The fourth-order valence-electron chi connectivity index (χ4n) is 3.31. The number of methoxy groups -OCH3 is 2. The highest BCUT2D eigenvalue weighted by Crippen LogP contribution is 2.36. The Morgan fingerprint density at radius 2 is 1.73 bits per heavy atom. The summed E-state index contributed by atoms with van der Waals surface area (Å²) < 4.78 is 51.9. The SMILES string of the molecule is COc1cc2nncc(-c3cnn(Cc4ccccc4C(F)(F)F)c3)c2cc1OC. The summed E-state index contributed by atoms with van der Waals surface area (Å²) in [5, 5.41) is 13.2. The van der Waals surface area contributed by atoms with Crippen molar-refractivity contribution < 1.29 is 22.6 Å². The van der Waals surface area contributed by atoms with Crippen LogP contribution in [0.15, 0.2) is 55.0 Å². The van der Waals surface area contributed by atoms with Crippen LogP contribution in [0.2, 0.25) is 0 Å². The molecule has 0 saturated carbocycles. The van der Waals surface area contributed by atoms with Gasteiger partial charge in [-0.2, -0.15) is 28.5 Å². The Bertz CT molecular complexity index is 1200. The molecule has 0 fully saturated rings. The molecule has 2 aromatic carbocycles. The van der Waals surface area contributed by atoms with Crippen LogP contribution in [-0.4, -0.2) is 34.2 Å². The Hall–Kier alpha value is -3.62. The van der Waals surface area contributed by atoms with Crippen molar-refractivity contribution in [2.45, 2.75) is 12.7 Å². The van der Waals surface area contributed by atoms with Crippen molar-refractivity contribution in [1.82, 2.24) is 20.0 Å². The van der Waals surface area contributed by atoms with Crippen LogP contribution in [0, 0.1) is 0 Å². The number of hydrogen-bond acceptors (Lipinski definition) is 5. The summed E-state index contributed by atoms with van der Waals surface area (Å²) in [5.41, 5.74) is 1.50. The number of alkyl halides is 3. The zero-order valence-electron chi connectivity index (χ0n) is 16.1. The third-order valence-corrected chi connectivity index (χ3v) is 4.74. The van der Waals surface area contributed by atoms with Crippen molar-refractivity contribution >= 4 is 10.9 Å². The number of aromatic nitrogens is 4. The molecular weight excluding hydrogens is 397 g/mol. The molecule has 6 nitrogen and oxygen atoms in total. The lowest BCUT2D eigenvalue weighted by atomic mass is 10.1. The second-order valence-corrected chi connectivity index (χ2v) is 6.56. The molecule has 0 bridgehead atoms. The molecule has 0 amide bonds. The van der Waals surface area contributed by atoms with Crippen LogP contribution in [0.1, 0.15) is 11.1 Å². The molecule has 0 aliphatic heterocycles. The molecule has 4 rings (SSSR count). The van der Waals surface area contributed by atoms with E-state index in [1.54, 1.807) is 36.8 Å². The van der Waals surface area contributed by atoms with E-state index in [-0.39, 0.29) is 12.1 Å². The van der Waals surface area contributed by atoms with Crippen LogP contribution < -0.4 is 9.47 Å². The van der Waals surface area contributed by atoms with Crippen LogP contribution in [-0.2, 0) is 12.7 Å². The van der Waals surface area contributed by atoms with Gasteiger partial charge in [0.2, 0.25) is 0 Å². The van der Waals surface area contributed by atoms with Crippen LogP contribution >= 0.6 is 0 Å². The molecule has 0 unspecified atom stereocenters. The first-order chi connectivity index (χ1) is 14.4. The van der Waals surface area contributed by atoms with Gasteiger partial charge < -0.3 is 9.47 Å². The molecule has 2 heterocycles. The summed E-state index contributed by atoms with van der Waals surface area (Å²) in [7, 11) is 3.07. The molecule has 2 aromatic heterocycles. The molecule has 154 valence electrons. The maximum atomic E-state index is 13.3. The molecule has 0 aliphatic rings. The standard InChI is InChI=1S/C21H17F3N4O2/c1-29-19-7-15-16(10-25-27-18(15)8-20(19)30-2)14-9-26-28(12-14)11-13-5-3-4-6-17(13)21(22,23)24/h3-10,12H,11H2,1-2H3. The largest absolute Gasteiger partial charge is 0.493 e. The highest BCUT2D eigenvalue weighted by Gasteiger charge is 2.32. The highest BCUT2D eigenvalue weighted by atomic mass is 19.4. The summed E-state index contributed by atoms with van der Waals surface area (Å²) >= 11 is 0. The van der Waals surface area contributed by atoms with Crippen molar-refractivity contribution in [2.24, 2.45) is 0 Å². The summed E-state index contributed by atoms with van der Waals surface area (Å²) in [5.74, 6) is 1.06. The predicted octanol–water partition coefficient (Wildman–Crippen LogP) is 4.58. The lowest BCUT2D eigenvalue weighted by Crippen LogP contribution is -2.11. The highest BCUT2D eigenvalue weighted by molar-refractivity contribution is 5.95. The Kier molecular flexibility index (Phi) is 5.03. The normalized spacial score (nSPS) is 11.6. The minimum Gasteiger partial charge on any atom is -0.493 e. The van der Waals surface area contributed by atoms with Gasteiger partial charge in [-0.3, -0.25) is 4.68 Å². The molecular formula is C21H17F3N4O2. The van der Waals surface area contributed by atoms with Crippen LogP contribution in [0.3, 0.4) is 0 Å². The number of ether oxygens (including phenoxy) is 2. The Morgan fingerprint density at radius 1 is 1.00 bits per heavy atom. The third-order valence-electron chi connectivity index (χ3n) is 4.74. The quantitative estimate of drug-likeness (QED) is 0.479. The monoisotopic (exact) mass is 414 g/mol. The lowest BCUT2D eigenvalue weighted by molar-refractivity contribution is -0.138. The smallest absolute Gasteiger partial charge is 0.416 e. The molecule has 0 spiro atoms.